The van der Waals surface area contributed by atoms with Crippen molar-refractivity contribution in [3.63, 3.8) is 0 Å². The van der Waals surface area contributed by atoms with Crippen molar-refractivity contribution in [1.29, 1.82) is 0 Å². The van der Waals surface area contributed by atoms with Gasteiger partial charge in [-0.2, -0.15) is 0 Å². The number of carbonyl (C=O) groups is 1. The van der Waals surface area contributed by atoms with Crippen LogP contribution in [0.2, 0.25) is 0 Å². The number of anilines is 2. The van der Waals surface area contributed by atoms with Crippen LogP contribution >= 0.6 is 0 Å². The van der Waals surface area contributed by atoms with Gasteiger partial charge in [-0.3, -0.25) is 4.79 Å². The van der Waals surface area contributed by atoms with E-state index in [-0.39, 0.29) is 5.91 Å². The maximum atomic E-state index is 12.1. The number of para-hydroxylation sites is 1. The van der Waals surface area contributed by atoms with E-state index in [1.54, 1.807) is 18.2 Å². The third-order valence-electron chi connectivity index (χ3n) is 2.50. The first-order valence-corrected chi connectivity index (χ1v) is 5.50. The van der Waals surface area contributed by atoms with Crippen LogP contribution in [0, 0.1) is 0 Å². The number of nitrogen functional groups attached to an aromatic ring is 1. The molecule has 0 heterocycles. The molecule has 2 aromatic rings. The molecule has 92 valence electrons. The average Bonchev–Trinajstić information content (AvgIpc) is 2.39. The Labute approximate surface area is 105 Å². The van der Waals surface area contributed by atoms with Gasteiger partial charge in [0.15, 0.2) is 0 Å². The molecule has 0 saturated heterocycles. The SMILES string of the molecule is COc1cc(N)ccc1C(=O)Nc1ccccc1. The molecule has 0 radical (unpaired) electrons. The summed E-state index contributed by atoms with van der Waals surface area (Å²) in [7, 11) is 1.51. The minimum absolute atomic E-state index is 0.224. The third-order valence-corrected chi connectivity index (χ3v) is 2.50. The van der Waals surface area contributed by atoms with E-state index in [0.717, 1.165) is 5.69 Å². The number of nitrogens with one attached hydrogen (secondary N) is 1. The fraction of sp³-hybridized carbons (Fsp3) is 0.0714. The zero-order chi connectivity index (χ0) is 13.0. The first-order valence-electron chi connectivity index (χ1n) is 5.50. The molecule has 0 aliphatic rings. The zero-order valence-corrected chi connectivity index (χ0v) is 10.0. The molecule has 3 N–H and O–H groups in total. The van der Waals surface area contributed by atoms with Crippen LogP contribution in [-0.4, -0.2) is 13.0 Å². The molecule has 1 amide bonds. The molecule has 18 heavy (non-hydrogen) atoms. The Kier molecular flexibility index (Phi) is 3.48. The maximum Gasteiger partial charge on any atom is 0.259 e. The van der Waals surface area contributed by atoms with Crippen LogP contribution in [0.1, 0.15) is 10.4 Å². The van der Waals surface area contributed by atoms with Gasteiger partial charge in [-0.25, -0.2) is 0 Å². The Morgan fingerprint density at radius 3 is 2.56 bits per heavy atom. The van der Waals surface area contributed by atoms with Crippen molar-refractivity contribution in [3.8, 4) is 5.75 Å². The summed E-state index contributed by atoms with van der Waals surface area (Å²) in [6.07, 6.45) is 0. The van der Waals surface area contributed by atoms with Gasteiger partial charge in [0.2, 0.25) is 0 Å². The first-order chi connectivity index (χ1) is 8.70. The van der Waals surface area contributed by atoms with Gasteiger partial charge in [-0.15, -0.1) is 0 Å². The number of methoxy groups -OCH3 is 1. The van der Waals surface area contributed by atoms with Crippen LogP contribution in [0.3, 0.4) is 0 Å². The second-order valence-electron chi connectivity index (χ2n) is 3.78. The van der Waals surface area contributed by atoms with Crippen LogP contribution in [-0.2, 0) is 0 Å². The van der Waals surface area contributed by atoms with Gasteiger partial charge in [0.25, 0.3) is 5.91 Å². The molecule has 4 heteroatoms. The van der Waals surface area contributed by atoms with Crippen LogP contribution in [0.4, 0.5) is 11.4 Å². The molecule has 2 rings (SSSR count). The van der Waals surface area contributed by atoms with E-state index in [0.29, 0.717) is 17.0 Å². The fourth-order valence-corrected chi connectivity index (χ4v) is 1.62. The molecular formula is C14H14N2O2. The van der Waals surface area contributed by atoms with Gasteiger partial charge in [0.05, 0.1) is 12.7 Å². The van der Waals surface area contributed by atoms with E-state index in [1.165, 1.54) is 7.11 Å². The lowest BCUT2D eigenvalue weighted by Gasteiger charge is -2.09. The summed E-state index contributed by atoms with van der Waals surface area (Å²) in [4.78, 5) is 12.1. The number of benzene rings is 2. The predicted molar refractivity (Wildman–Crippen MR) is 71.8 cm³/mol. The number of carbonyl (C=O) groups excluding carboxylic acids is 1. The maximum absolute atomic E-state index is 12.1. The molecule has 4 nitrogen and oxygen atoms in total. The predicted octanol–water partition coefficient (Wildman–Crippen LogP) is 2.53. The van der Waals surface area contributed by atoms with Gasteiger partial charge in [-0.05, 0) is 24.3 Å². The summed E-state index contributed by atoms with van der Waals surface area (Å²) in [5, 5.41) is 2.79. The largest absolute Gasteiger partial charge is 0.496 e. The number of hydrogen-bond donors (Lipinski definition) is 2. The average molecular weight is 242 g/mol. The molecule has 2 aromatic carbocycles. The van der Waals surface area contributed by atoms with Crippen molar-refractivity contribution < 1.29 is 9.53 Å². The van der Waals surface area contributed by atoms with Gasteiger partial charge in [0, 0.05) is 17.4 Å². The zero-order valence-electron chi connectivity index (χ0n) is 10.0. The molecule has 0 aliphatic heterocycles. The number of hydrogen-bond acceptors (Lipinski definition) is 3. The lowest BCUT2D eigenvalue weighted by molar-refractivity contribution is 0.102. The smallest absolute Gasteiger partial charge is 0.259 e. The van der Waals surface area contributed by atoms with Crippen molar-refractivity contribution in [2.45, 2.75) is 0 Å². The molecule has 0 spiro atoms. The van der Waals surface area contributed by atoms with E-state index in [9.17, 15) is 4.79 Å². The van der Waals surface area contributed by atoms with E-state index >= 15 is 0 Å². The monoisotopic (exact) mass is 242 g/mol. The van der Waals surface area contributed by atoms with E-state index in [1.807, 2.05) is 30.3 Å². The van der Waals surface area contributed by atoms with Crippen molar-refractivity contribution in [2.24, 2.45) is 0 Å². The van der Waals surface area contributed by atoms with Gasteiger partial charge >= 0.3 is 0 Å². The highest BCUT2D eigenvalue weighted by atomic mass is 16.5. The molecule has 0 bridgehead atoms. The van der Waals surface area contributed by atoms with Gasteiger partial charge in [0.1, 0.15) is 5.75 Å². The summed E-state index contributed by atoms with van der Waals surface area (Å²) in [5.41, 5.74) is 7.39. The summed E-state index contributed by atoms with van der Waals surface area (Å²) >= 11 is 0. The number of amides is 1. The molecule has 0 unspecified atom stereocenters. The minimum Gasteiger partial charge on any atom is -0.496 e. The highest BCUT2D eigenvalue weighted by Gasteiger charge is 2.12. The van der Waals surface area contributed by atoms with Gasteiger partial charge in [-0.1, -0.05) is 18.2 Å². The van der Waals surface area contributed by atoms with Crippen molar-refractivity contribution in [3.05, 3.63) is 54.1 Å². The lowest BCUT2D eigenvalue weighted by Crippen LogP contribution is -2.13. The lowest BCUT2D eigenvalue weighted by atomic mass is 10.1. The van der Waals surface area contributed by atoms with Crippen LogP contribution in [0.25, 0.3) is 0 Å². The molecular weight excluding hydrogens is 228 g/mol. The van der Waals surface area contributed by atoms with E-state index < -0.39 is 0 Å². The molecule has 0 saturated carbocycles. The summed E-state index contributed by atoms with van der Waals surface area (Å²) in [6, 6.07) is 14.2. The summed E-state index contributed by atoms with van der Waals surface area (Å²) in [5.74, 6) is 0.237. The van der Waals surface area contributed by atoms with Crippen LogP contribution in [0.5, 0.6) is 5.75 Å². The third kappa shape index (κ3) is 2.60. The number of rotatable bonds is 3. The van der Waals surface area contributed by atoms with E-state index in [2.05, 4.69) is 5.32 Å². The number of ether oxygens (including phenoxy) is 1. The second-order valence-corrected chi connectivity index (χ2v) is 3.78. The summed E-state index contributed by atoms with van der Waals surface area (Å²) in [6.45, 7) is 0. The molecule has 0 atom stereocenters. The Balaban J connectivity index is 2.24. The van der Waals surface area contributed by atoms with Crippen LogP contribution < -0.4 is 15.8 Å². The molecule has 0 aliphatic carbocycles. The molecule has 0 fully saturated rings. The molecule has 0 aromatic heterocycles. The Morgan fingerprint density at radius 2 is 1.89 bits per heavy atom. The second kappa shape index (κ2) is 5.23. The quantitative estimate of drug-likeness (QED) is 0.813. The summed E-state index contributed by atoms with van der Waals surface area (Å²) < 4.78 is 5.14. The first kappa shape index (κ1) is 12.0. The van der Waals surface area contributed by atoms with Gasteiger partial charge < -0.3 is 15.8 Å². The highest BCUT2D eigenvalue weighted by molar-refractivity contribution is 6.06. The van der Waals surface area contributed by atoms with E-state index in [4.69, 9.17) is 10.5 Å². The Morgan fingerprint density at radius 1 is 1.17 bits per heavy atom. The topological polar surface area (TPSA) is 64.3 Å². The fourth-order valence-electron chi connectivity index (χ4n) is 1.62. The minimum atomic E-state index is -0.224. The Hall–Kier alpha value is -2.49. The Bertz CT molecular complexity index is 553. The normalized spacial score (nSPS) is 9.83. The number of nitrogens with two attached hydrogens (primary N) is 1. The van der Waals surface area contributed by atoms with Crippen molar-refractivity contribution in [1.82, 2.24) is 0 Å². The standard InChI is InChI=1S/C14H14N2O2/c1-18-13-9-10(15)7-8-12(13)14(17)16-11-5-3-2-4-6-11/h2-9H,15H2,1H3,(H,16,17). The van der Waals surface area contributed by atoms with Crippen LogP contribution in [0.15, 0.2) is 48.5 Å². The highest BCUT2D eigenvalue weighted by Crippen LogP contribution is 2.22. The van der Waals surface area contributed by atoms with Crippen molar-refractivity contribution in [2.75, 3.05) is 18.2 Å². The van der Waals surface area contributed by atoms with Crippen molar-refractivity contribution >= 4 is 17.3 Å².